The molecule has 0 aliphatic heterocycles. The van der Waals surface area contributed by atoms with Crippen molar-refractivity contribution in [1.29, 1.82) is 0 Å². The number of aryl methyl sites for hydroxylation is 2. The van der Waals surface area contributed by atoms with Gasteiger partial charge in [0.2, 0.25) is 0 Å². The van der Waals surface area contributed by atoms with Crippen LogP contribution >= 0.6 is 0 Å². The van der Waals surface area contributed by atoms with Gasteiger partial charge in [-0.25, -0.2) is 0 Å². The summed E-state index contributed by atoms with van der Waals surface area (Å²) < 4.78 is 11.7. The molecule has 0 heterocycles. The van der Waals surface area contributed by atoms with Gasteiger partial charge >= 0.3 is 0 Å². The predicted octanol–water partition coefficient (Wildman–Crippen LogP) is 9.07. The van der Waals surface area contributed by atoms with Gasteiger partial charge in [0.1, 0.15) is 24.7 Å². The lowest BCUT2D eigenvalue weighted by molar-refractivity contribution is 0.360. The monoisotopic (exact) mass is 470 g/mol. The Morgan fingerprint density at radius 3 is 1.22 bits per heavy atom. The average Bonchev–Trinajstić information content (AvgIpc) is 2.90. The minimum absolute atomic E-state index is 0.498. The lowest BCUT2D eigenvalue weighted by Crippen LogP contribution is -1.97. The molecule has 178 valence electrons. The quantitative estimate of drug-likeness (QED) is 0.166. The van der Waals surface area contributed by atoms with E-state index < -0.39 is 0 Å². The lowest BCUT2D eigenvalue weighted by atomic mass is 9.85. The highest BCUT2D eigenvalue weighted by Crippen LogP contribution is 2.44. The fourth-order valence-electron chi connectivity index (χ4n) is 4.98. The molecule has 5 aromatic carbocycles. The highest BCUT2D eigenvalue weighted by Gasteiger charge is 2.17. The van der Waals surface area contributed by atoms with E-state index in [2.05, 4.69) is 112 Å². The molecule has 0 amide bonds. The first kappa shape index (κ1) is 23.4. The van der Waals surface area contributed by atoms with E-state index in [9.17, 15) is 0 Å². The summed E-state index contributed by atoms with van der Waals surface area (Å²) in [5.41, 5.74) is 7.06. The topological polar surface area (TPSA) is 18.5 Å². The summed E-state index contributed by atoms with van der Waals surface area (Å²) in [6.07, 6.45) is 3.54. The van der Waals surface area contributed by atoms with Crippen molar-refractivity contribution < 1.29 is 9.47 Å². The summed E-state index contributed by atoms with van der Waals surface area (Å²) >= 11 is 0. The Kier molecular flexibility index (Phi) is 6.60. The zero-order chi connectivity index (χ0) is 25.1. The van der Waals surface area contributed by atoms with Gasteiger partial charge < -0.3 is 9.47 Å². The van der Waals surface area contributed by atoms with E-state index in [1.54, 1.807) is 12.2 Å². The van der Waals surface area contributed by atoms with E-state index in [4.69, 9.17) is 9.47 Å². The molecule has 0 fully saturated rings. The van der Waals surface area contributed by atoms with Crippen LogP contribution in [0.15, 0.2) is 110 Å². The van der Waals surface area contributed by atoms with Crippen LogP contribution in [0.3, 0.4) is 0 Å². The molecule has 0 unspecified atom stereocenters. The van der Waals surface area contributed by atoms with Crippen LogP contribution < -0.4 is 9.47 Å². The van der Waals surface area contributed by atoms with Crippen LogP contribution in [0.4, 0.5) is 0 Å². The molecule has 0 radical (unpaired) electrons. The SMILES string of the molecule is C=CCOc1ccc(-c2c3ccccc3c(-c3ccc(OCC=C)c(C)c3)c3ccccc23)cc1C. The van der Waals surface area contributed by atoms with E-state index >= 15 is 0 Å². The molecule has 5 aromatic rings. The highest BCUT2D eigenvalue weighted by atomic mass is 16.5. The molecule has 0 saturated heterocycles. The van der Waals surface area contributed by atoms with Gasteiger partial charge in [-0.3, -0.25) is 0 Å². The van der Waals surface area contributed by atoms with E-state index in [1.807, 2.05) is 0 Å². The van der Waals surface area contributed by atoms with Crippen LogP contribution in [0.5, 0.6) is 11.5 Å². The van der Waals surface area contributed by atoms with Crippen LogP contribution in [0, 0.1) is 13.8 Å². The molecule has 0 bridgehead atoms. The fourth-order valence-corrected chi connectivity index (χ4v) is 4.98. The maximum Gasteiger partial charge on any atom is 0.122 e. The molecule has 0 N–H and O–H groups in total. The number of fused-ring (bicyclic) bond motifs is 2. The summed E-state index contributed by atoms with van der Waals surface area (Å²) in [5, 5.41) is 4.93. The molecule has 2 nitrogen and oxygen atoms in total. The van der Waals surface area contributed by atoms with Crippen molar-refractivity contribution in [2.75, 3.05) is 13.2 Å². The summed E-state index contributed by atoms with van der Waals surface area (Å²) in [5.74, 6) is 1.77. The first-order chi connectivity index (χ1) is 17.6. The van der Waals surface area contributed by atoms with Crippen molar-refractivity contribution in [2.45, 2.75) is 13.8 Å². The number of hydrogen-bond acceptors (Lipinski definition) is 2. The molecule has 0 saturated carbocycles. The van der Waals surface area contributed by atoms with Crippen molar-refractivity contribution >= 4 is 21.5 Å². The minimum atomic E-state index is 0.498. The number of hydrogen-bond donors (Lipinski definition) is 0. The first-order valence-electron chi connectivity index (χ1n) is 12.2. The molecule has 0 aromatic heterocycles. The van der Waals surface area contributed by atoms with Gasteiger partial charge in [-0.1, -0.05) is 86.0 Å². The standard InChI is InChI=1S/C34H30O2/c1-5-19-35-31-17-15-25(21-23(31)3)33-27-11-7-9-13-29(27)34(30-14-10-8-12-28(30)33)26-16-18-32(24(4)22-26)36-20-6-2/h5-18,21-22H,1-2,19-20H2,3-4H3. The molecule has 0 aliphatic carbocycles. The molecule has 2 heteroatoms. The van der Waals surface area contributed by atoms with Crippen molar-refractivity contribution in [3.8, 4) is 33.8 Å². The Hall–Kier alpha value is -4.30. The molecular weight excluding hydrogens is 440 g/mol. The lowest BCUT2D eigenvalue weighted by Gasteiger charge is -2.19. The fraction of sp³-hybridized carbons (Fsp3) is 0.118. The molecular formula is C34H30O2. The Morgan fingerprint density at radius 1 is 0.556 bits per heavy atom. The predicted molar refractivity (Wildman–Crippen MR) is 153 cm³/mol. The second kappa shape index (κ2) is 10.1. The van der Waals surface area contributed by atoms with Crippen molar-refractivity contribution in [3.05, 3.63) is 121 Å². The van der Waals surface area contributed by atoms with Gasteiger partial charge in [-0.05, 0) is 93.0 Å². The van der Waals surface area contributed by atoms with Crippen LogP contribution in [0.1, 0.15) is 11.1 Å². The Balaban J connectivity index is 1.76. The highest BCUT2D eigenvalue weighted by molar-refractivity contribution is 6.21. The molecule has 36 heavy (non-hydrogen) atoms. The van der Waals surface area contributed by atoms with Crippen LogP contribution in [0.2, 0.25) is 0 Å². The Labute approximate surface area is 213 Å². The van der Waals surface area contributed by atoms with Crippen molar-refractivity contribution in [2.24, 2.45) is 0 Å². The second-order valence-electron chi connectivity index (χ2n) is 9.00. The van der Waals surface area contributed by atoms with Gasteiger partial charge in [0, 0.05) is 0 Å². The van der Waals surface area contributed by atoms with E-state index in [0.717, 1.165) is 22.6 Å². The Bertz CT molecular complexity index is 1420. The zero-order valence-corrected chi connectivity index (χ0v) is 20.9. The Morgan fingerprint density at radius 2 is 0.917 bits per heavy atom. The summed E-state index contributed by atoms with van der Waals surface area (Å²) in [7, 11) is 0. The number of benzene rings is 5. The first-order valence-corrected chi connectivity index (χ1v) is 12.2. The van der Waals surface area contributed by atoms with Crippen LogP contribution in [-0.4, -0.2) is 13.2 Å². The molecule has 5 rings (SSSR count). The third-order valence-corrected chi connectivity index (χ3v) is 6.57. The van der Waals surface area contributed by atoms with Gasteiger partial charge in [0.25, 0.3) is 0 Å². The number of ether oxygens (including phenoxy) is 2. The normalized spacial score (nSPS) is 10.9. The summed E-state index contributed by atoms with van der Waals surface area (Å²) in [4.78, 5) is 0. The largest absolute Gasteiger partial charge is 0.489 e. The third-order valence-electron chi connectivity index (χ3n) is 6.57. The second-order valence-corrected chi connectivity index (χ2v) is 9.00. The zero-order valence-electron chi connectivity index (χ0n) is 20.9. The smallest absolute Gasteiger partial charge is 0.122 e. The van der Waals surface area contributed by atoms with E-state index in [1.165, 1.54) is 43.8 Å². The molecule has 0 spiro atoms. The minimum Gasteiger partial charge on any atom is -0.489 e. The summed E-state index contributed by atoms with van der Waals surface area (Å²) in [6.45, 7) is 12.7. The molecule has 0 aliphatic rings. The number of rotatable bonds is 8. The van der Waals surface area contributed by atoms with Crippen LogP contribution in [0.25, 0.3) is 43.8 Å². The maximum atomic E-state index is 5.84. The van der Waals surface area contributed by atoms with Gasteiger partial charge in [0.05, 0.1) is 0 Å². The maximum absolute atomic E-state index is 5.84. The van der Waals surface area contributed by atoms with E-state index in [-0.39, 0.29) is 0 Å². The van der Waals surface area contributed by atoms with Crippen molar-refractivity contribution in [3.63, 3.8) is 0 Å². The van der Waals surface area contributed by atoms with Crippen molar-refractivity contribution in [1.82, 2.24) is 0 Å². The van der Waals surface area contributed by atoms with Gasteiger partial charge in [-0.2, -0.15) is 0 Å². The summed E-state index contributed by atoms with van der Waals surface area (Å²) in [6, 6.07) is 30.3. The van der Waals surface area contributed by atoms with E-state index in [0.29, 0.717) is 13.2 Å². The van der Waals surface area contributed by atoms with Gasteiger partial charge in [0.15, 0.2) is 0 Å². The molecule has 0 atom stereocenters. The average molecular weight is 471 g/mol. The van der Waals surface area contributed by atoms with Crippen LogP contribution in [-0.2, 0) is 0 Å². The third kappa shape index (κ3) is 4.27. The van der Waals surface area contributed by atoms with Gasteiger partial charge in [-0.15, -0.1) is 0 Å².